The summed E-state index contributed by atoms with van der Waals surface area (Å²) in [5.41, 5.74) is 2.32. The molecule has 1 aromatic heterocycles. The fourth-order valence-electron chi connectivity index (χ4n) is 2.26. The Labute approximate surface area is 128 Å². The lowest BCUT2D eigenvalue weighted by molar-refractivity contribution is 0.0945. The van der Waals surface area contributed by atoms with Gasteiger partial charge in [0.2, 0.25) is 0 Å². The summed E-state index contributed by atoms with van der Waals surface area (Å²) in [4.78, 5) is 30.2. The van der Waals surface area contributed by atoms with Gasteiger partial charge in [-0.15, -0.1) is 0 Å². The zero-order valence-electron chi connectivity index (χ0n) is 12.7. The number of carbonyl (C=O) groups is 1. The molecule has 0 unspecified atom stereocenters. The molecule has 3 rings (SSSR count). The number of hydrogen-bond donors (Lipinski definition) is 2. The molecule has 114 valence electrons. The highest BCUT2D eigenvalue weighted by Gasteiger charge is 2.24. The highest BCUT2D eigenvalue weighted by atomic mass is 16.2. The van der Waals surface area contributed by atoms with E-state index in [1.807, 2.05) is 24.3 Å². The molecule has 1 aliphatic rings. The topological polar surface area (TPSA) is 74.8 Å². The Hall–Kier alpha value is -2.43. The largest absolute Gasteiger partial charge is 0.348 e. The van der Waals surface area contributed by atoms with E-state index in [9.17, 15) is 9.59 Å². The molecule has 1 aliphatic carbocycles. The zero-order chi connectivity index (χ0) is 15.7. The van der Waals surface area contributed by atoms with Crippen molar-refractivity contribution >= 4 is 5.91 Å². The van der Waals surface area contributed by atoms with Gasteiger partial charge >= 0.3 is 5.69 Å². The Bertz CT molecular complexity index is 743. The van der Waals surface area contributed by atoms with Crippen LogP contribution in [-0.4, -0.2) is 21.9 Å². The summed E-state index contributed by atoms with van der Waals surface area (Å²) in [6.07, 6.45) is 2.01. The standard InChI is InChI=1S/C17H19N3O2/c1-10(2)11-3-5-12(6-4-11)14-9-15(20-17(22)19-14)16(21)18-13-7-8-13/h3-6,9-10,13H,7-8H2,1-2H3,(H,18,21)(H,19,20,22). The van der Waals surface area contributed by atoms with Crippen molar-refractivity contribution in [3.8, 4) is 11.3 Å². The van der Waals surface area contributed by atoms with Crippen LogP contribution in [0.2, 0.25) is 0 Å². The molecule has 2 N–H and O–H groups in total. The van der Waals surface area contributed by atoms with Gasteiger partial charge in [0.1, 0.15) is 5.69 Å². The van der Waals surface area contributed by atoms with E-state index in [4.69, 9.17) is 0 Å². The van der Waals surface area contributed by atoms with Crippen molar-refractivity contribution in [2.75, 3.05) is 0 Å². The minimum atomic E-state index is -0.508. The summed E-state index contributed by atoms with van der Waals surface area (Å²) in [5, 5.41) is 2.86. The second kappa shape index (κ2) is 5.75. The van der Waals surface area contributed by atoms with Crippen molar-refractivity contribution in [3.63, 3.8) is 0 Å². The van der Waals surface area contributed by atoms with Crippen LogP contribution in [0.4, 0.5) is 0 Å². The molecule has 1 saturated carbocycles. The lowest BCUT2D eigenvalue weighted by atomic mass is 10.0. The molecule has 0 saturated heterocycles. The van der Waals surface area contributed by atoms with E-state index < -0.39 is 5.69 Å². The maximum atomic E-state index is 12.1. The number of H-pyrrole nitrogens is 1. The first-order valence-electron chi connectivity index (χ1n) is 7.55. The first-order valence-corrected chi connectivity index (χ1v) is 7.55. The minimum absolute atomic E-state index is 0.248. The SMILES string of the molecule is CC(C)c1ccc(-c2cc(C(=O)NC3CC3)[nH]c(=O)n2)cc1. The zero-order valence-corrected chi connectivity index (χ0v) is 12.7. The summed E-state index contributed by atoms with van der Waals surface area (Å²) < 4.78 is 0. The molecule has 1 heterocycles. The normalized spacial score (nSPS) is 14.1. The Kier molecular flexibility index (Phi) is 3.79. The maximum Gasteiger partial charge on any atom is 0.346 e. The fraction of sp³-hybridized carbons (Fsp3) is 0.353. The van der Waals surface area contributed by atoms with Crippen molar-refractivity contribution in [2.24, 2.45) is 0 Å². The van der Waals surface area contributed by atoms with Crippen LogP contribution in [0.5, 0.6) is 0 Å². The summed E-state index contributed by atoms with van der Waals surface area (Å²) in [6.45, 7) is 4.25. The van der Waals surface area contributed by atoms with Crippen molar-refractivity contribution in [3.05, 3.63) is 52.1 Å². The molecule has 0 spiro atoms. The van der Waals surface area contributed by atoms with Gasteiger partial charge in [0.05, 0.1) is 5.69 Å². The van der Waals surface area contributed by atoms with Gasteiger partial charge in [-0.05, 0) is 30.4 Å². The second-order valence-electron chi connectivity index (χ2n) is 6.01. The molecule has 2 aromatic rings. The molecule has 1 amide bonds. The quantitative estimate of drug-likeness (QED) is 0.910. The van der Waals surface area contributed by atoms with Gasteiger partial charge in [-0.1, -0.05) is 38.1 Å². The van der Waals surface area contributed by atoms with Crippen molar-refractivity contribution in [2.45, 2.75) is 38.6 Å². The van der Waals surface area contributed by atoms with E-state index >= 15 is 0 Å². The predicted octanol–water partition coefficient (Wildman–Crippen LogP) is 2.45. The van der Waals surface area contributed by atoms with Gasteiger partial charge in [-0.3, -0.25) is 4.79 Å². The number of carbonyl (C=O) groups excluding carboxylic acids is 1. The number of hydrogen-bond acceptors (Lipinski definition) is 3. The number of nitrogens with one attached hydrogen (secondary N) is 2. The summed E-state index contributed by atoms with van der Waals surface area (Å²) in [5.74, 6) is 0.197. The molecule has 0 bridgehead atoms. The van der Waals surface area contributed by atoms with Gasteiger partial charge in [-0.25, -0.2) is 4.79 Å². The average molecular weight is 297 g/mol. The van der Waals surface area contributed by atoms with Gasteiger partial charge in [0.25, 0.3) is 5.91 Å². The van der Waals surface area contributed by atoms with E-state index in [0.29, 0.717) is 11.6 Å². The van der Waals surface area contributed by atoms with Crippen LogP contribution < -0.4 is 11.0 Å². The first-order chi connectivity index (χ1) is 10.5. The smallest absolute Gasteiger partial charge is 0.346 e. The third-order valence-corrected chi connectivity index (χ3v) is 3.77. The molecule has 5 nitrogen and oxygen atoms in total. The Balaban J connectivity index is 1.91. The van der Waals surface area contributed by atoms with Gasteiger partial charge in [0.15, 0.2) is 0 Å². The molecule has 0 radical (unpaired) electrons. The average Bonchev–Trinajstić information content (AvgIpc) is 3.30. The highest BCUT2D eigenvalue weighted by molar-refractivity contribution is 5.93. The lowest BCUT2D eigenvalue weighted by Gasteiger charge is -2.08. The second-order valence-corrected chi connectivity index (χ2v) is 6.01. The summed E-state index contributed by atoms with van der Waals surface area (Å²) >= 11 is 0. The van der Waals surface area contributed by atoms with Crippen molar-refractivity contribution in [1.82, 2.24) is 15.3 Å². The van der Waals surface area contributed by atoms with Crippen LogP contribution in [-0.2, 0) is 0 Å². The van der Waals surface area contributed by atoms with E-state index in [1.54, 1.807) is 6.07 Å². The van der Waals surface area contributed by atoms with Crippen LogP contribution in [0.1, 0.15) is 48.7 Å². The molecule has 0 aliphatic heterocycles. The molecule has 5 heteroatoms. The van der Waals surface area contributed by atoms with Crippen molar-refractivity contribution in [1.29, 1.82) is 0 Å². The number of rotatable bonds is 4. The Morgan fingerprint density at radius 2 is 1.95 bits per heavy atom. The van der Waals surface area contributed by atoms with E-state index in [2.05, 4.69) is 29.1 Å². The molecular formula is C17H19N3O2. The molecular weight excluding hydrogens is 278 g/mol. The molecule has 22 heavy (non-hydrogen) atoms. The van der Waals surface area contributed by atoms with Crippen LogP contribution in [0.3, 0.4) is 0 Å². The third kappa shape index (κ3) is 3.24. The monoisotopic (exact) mass is 297 g/mol. The first kappa shape index (κ1) is 14.5. The van der Waals surface area contributed by atoms with Gasteiger partial charge in [-0.2, -0.15) is 4.98 Å². The number of aromatic nitrogens is 2. The number of nitrogens with zero attached hydrogens (tertiary/aromatic N) is 1. The van der Waals surface area contributed by atoms with E-state index in [-0.39, 0.29) is 17.6 Å². The highest BCUT2D eigenvalue weighted by Crippen LogP contribution is 2.22. The Morgan fingerprint density at radius 1 is 1.27 bits per heavy atom. The predicted molar refractivity (Wildman–Crippen MR) is 84.9 cm³/mol. The number of benzene rings is 1. The van der Waals surface area contributed by atoms with Gasteiger partial charge < -0.3 is 10.3 Å². The third-order valence-electron chi connectivity index (χ3n) is 3.77. The van der Waals surface area contributed by atoms with E-state index in [1.165, 1.54) is 5.56 Å². The lowest BCUT2D eigenvalue weighted by Crippen LogP contribution is -2.28. The van der Waals surface area contributed by atoms with Crippen LogP contribution in [0.25, 0.3) is 11.3 Å². The van der Waals surface area contributed by atoms with Gasteiger partial charge in [0, 0.05) is 11.6 Å². The van der Waals surface area contributed by atoms with Crippen LogP contribution in [0, 0.1) is 0 Å². The number of aromatic amines is 1. The number of amides is 1. The molecule has 0 atom stereocenters. The van der Waals surface area contributed by atoms with E-state index in [0.717, 1.165) is 18.4 Å². The Morgan fingerprint density at radius 3 is 2.55 bits per heavy atom. The molecule has 1 fully saturated rings. The molecule has 1 aromatic carbocycles. The van der Waals surface area contributed by atoms with Crippen LogP contribution in [0.15, 0.2) is 35.1 Å². The summed E-state index contributed by atoms with van der Waals surface area (Å²) in [6, 6.07) is 9.78. The summed E-state index contributed by atoms with van der Waals surface area (Å²) in [7, 11) is 0. The van der Waals surface area contributed by atoms with Crippen molar-refractivity contribution < 1.29 is 4.79 Å². The fourth-order valence-corrected chi connectivity index (χ4v) is 2.26. The van der Waals surface area contributed by atoms with Crippen LogP contribution >= 0.6 is 0 Å². The maximum absolute atomic E-state index is 12.1. The minimum Gasteiger partial charge on any atom is -0.348 e.